The number of rotatable bonds is 9. The Bertz CT molecular complexity index is 1770. The number of carbonyl (C=O) groups excluding carboxylic acids is 2. The zero-order chi connectivity index (χ0) is 32.3. The van der Waals surface area contributed by atoms with E-state index in [1.54, 1.807) is 48.4 Å². The van der Waals surface area contributed by atoms with Crippen LogP contribution in [0.25, 0.3) is 10.6 Å². The number of anilines is 1. The smallest absolute Gasteiger partial charge is 0.258 e. The van der Waals surface area contributed by atoms with Crippen LogP contribution < -0.4 is 10.1 Å². The van der Waals surface area contributed by atoms with Crippen LogP contribution in [-0.4, -0.2) is 78.4 Å². The van der Waals surface area contributed by atoms with E-state index in [1.807, 2.05) is 24.4 Å². The quantitative estimate of drug-likeness (QED) is 0.249. The Kier molecular flexibility index (Phi) is 9.90. The third-order valence-electron chi connectivity index (χ3n) is 7.72. The Labute approximate surface area is 271 Å². The molecule has 4 aromatic rings. The molecule has 3 atom stereocenters. The third kappa shape index (κ3) is 7.05. The molecule has 10 nitrogen and oxygen atoms in total. The van der Waals surface area contributed by atoms with Crippen LogP contribution in [-0.2, 0) is 10.0 Å². The van der Waals surface area contributed by atoms with Crippen LogP contribution in [0.5, 0.6) is 5.75 Å². The summed E-state index contributed by atoms with van der Waals surface area (Å²) in [6.07, 6.45) is 0.986. The van der Waals surface area contributed by atoms with E-state index in [0.29, 0.717) is 10.6 Å². The fraction of sp³-hybridized carbons (Fsp3) is 0.281. The van der Waals surface area contributed by atoms with E-state index in [-0.39, 0.29) is 53.4 Å². The molecule has 0 aliphatic carbocycles. The molecule has 2 N–H and O–H groups in total. The summed E-state index contributed by atoms with van der Waals surface area (Å²) in [4.78, 5) is 33.1. The van der Waals surface area contributed by atoms with Gasteiger partial charge in [-0.25, -0.2) is 13.4 Å². The standard InChI is InChI=1S/C32H33ClN4O6S2/c1-20-17-37(21(2)19-38)32(40)26-5-4-6-27(35-30(39)22-7-9-23(10-8-22)31-34-15-16-44-31)29(26)43-28(20)18-36(3)45(41,42)25-13-11-24(33)12-14-25/h4-16,20-21,28,38H,17-19H2,1-3H3,(H,35,39)/t20-,21+,28+/m1/s1. The number of amides is 2. The van der Waals surface area contributed by atoms with Gasteiger partial charge in [0.05, 0.1) is 35.3 Å². The van der Waals surface area contributed by atoms with Gasteiger partial charge in [-0.15, -0.1) is 11.3 Å². The topological polar surface area (TPSA) is 129 Å². The second-order valence-electron chi connectivity index (χ2n) is 10.9. The van der Waals surface area contributed by atoms with Crippen molar-refractivity contribution in [3.05, 3.63) is 94.5 Å². The van der Waals surface area contributed by atoms with E-state index in [1.165, 1.54) is 47.0 Å². The second-order valence-corrected chi connectivity index (χ2v) is 14.3. The molecule has 3 aromatic carbocycles. The van der Waals surface area contributed by atoms with E-state index in [2.05, 4.69) is 10.3 Å². The fourth-order valence-corrected chi connectivity index (χ4v) is 6.98. The van der Waals surface area contributed by atoms with Crippen molar-refractivity contribution in [3.63, 3.8) is 0 Å². The fourth-order valence-electron chi connectivity index (χ4n) is 5.02. The van der Waals surface area contributed by atoms with E-state index in [9.17, 15) is 23.1 Å². The van der Waals surface area contributed by atoms with Gasteiger partial charge in [0.15, 0.2) is 5.75 Å². The lowest BCUT2D eigenvalue weighted by molar-refractivity contribution is 0.0388. The molecule has 0 saturated carbocycles. The Morgan fingerprint density at radius 3 is 2.53 bits per heavy atom. The van der Waals surface area contributed by atoms with Gasteiger partial charge >= 0.3 is 0 Å². The largest absolute Gasteiger partial charge is 0.486 e. The lowest BCUT2D eigenvalue weighted by Crippen LogP contribution is -2.50. The molecule has 236 valence electrons. The number of aliphatic hydroxyl groups excluding tert-OH is 1. The number of thiazole rings is 1. The van der Waals surface area contributed by atoms with E-state index in [0.717, 1.165) is 10.6 Å². The van der Waals surface area contributed by atoms with Gasteiger partial charge in [0.1, 0.15) is 11.1 Å². The number of hydrogen-bond donors (Lipinski definition) is 2. The van der Waals surface area contributed by atoms with Crippen molar-refractivity contribution in [1.29, 1.82) is 0 Å². The van der Waals surface area contributed by atoms with Crippen molar-refractivity contribution in [2.24, 2.45) is 5.92 Å². The molecule has 2 amide bonds. The zero-order valence-corrected chi connectivity index (χ0v) is 27.3. The average Bonchev–Trinajstić information content (AvgIpc) is 3.58. The SMILES string of the molecule is C[C@@H]1CN([C@@H](C)CO)C(=O)c2cccc(NC(=O)c3ccc(-c4nccs4)cc3)c2O[C@H]1CN(C)S(=O)(=O)c1ccc(Cl)cc1. The van der Waals surface area contributed by atoms with Crippen LogP contribution in [0, 0.1) is 5.92 Å². The molecule has 0 fully saturated rings. The molecule has 1 aliphatic heterocycles. The van der Waals surface area contributed by atoms with Gasteiger partial charge < -0.3 is 20.1 Å². The molecule has 0 spiro atoms. The van der Waals surface area contributed by atoms with Gasteiger partial charge in [0.2, 0.25) is 10.0 Å². The lowest BCUT2D eigenvalue weighted by atomic mass is 9.99. The van der Waals surface area contributed by atoms with Gasteiger partial charge in [0.25, 0.3) is 11.8 Å². The van der Waals surface area contributed by atoms with Gasteiger partial charge in [-0.2, -0.15) is 4.31 Å². The Balaban J connectivity index is 1.47. The number of sulfonamides is 1. The number of fused-ring (bicyclic) bond motifs is 1. The minimum Gasteiger partial charge on any atom is -0.486 e. The first-order valence-corrected chi connectivity index (χ1v) is 16.9. The Hall–Kier alpha value is -3.81. The molecule has 2 heterocycles. The first-order valence-electron chi connectivity index (χ1n) is 14.2. The number of halogens is 1. The molecular formula is C32H33ClN4O6S2. The molecule has 0 saturated heterocycles. The maximum Gasteiger partial charge on any atom is 0.258 e. The molecule has 5 rings (SSSR count). The summed E-state index contributed by atoms with van der Waals surface area (Å²) in [5.41, 5.74) is 1.72. The Morgan fingerprint density at radius 2 is 1.89 bits per heavy atom. The van der Waals surface area contributed by atoms with Crippen LogP contribution in [0.4, 0.5) is 5.69 Å². The number of aliphatic hydroxyl groups is 1. The van der Waals surface area contributed by atoms with Gasteiger partial charge in [-0.3, -0.25) is 9.59 Å². The maximum absolute atomic E-state index is 13.8. The van der Waals surface area contributed by atoms with Crippen molar-refractivity contribution >= 4 is 50.5 Å². The molecule has 0 unspecified atom stereocenters. The first-order chi connectivity index (χ1) is 21.5. The molecule has 0 radical (unpaired) electrons. The normalized spacial score (nSPS) is 17.6. The highest BCUT2D eigenvalue weighted by atomic mass is 35.5. The number of hydrogen-bond acceptors (Lipinski definition) is 8. The minimum absolute atomic E-state index is 0.0540. The van der Waals surface area contributed by atoms with Crippen LogP contribution in [0.3, 0.4) is 0 Å². The number of carbonyl (C=O) groups is 2. The molecule has 13 heteroatoms. The summed E-state index contributed by atoms with van der Waals surface area (Å²) in [6, 6.07) is 17.2. The van der Waals surface area contributed by atoms with Crippen LogP contribution in [0.1, 0.15) is 34.6 Å². The van der Waals surface area contributed by atoms with Crippen molar-refractivity contribution < 1.29 is 27.9 Å². The van der Waals surface area contributed by atoms with Crippen LogP contribution >= 0.6 is 22.9 Å². The summed E-state index contributed by atoms with van der Waals surface area (Å²) in [6.45, 7) is 3.48. The summed E-state index contributed by atoms with van der Waals surface area (Å²) < 4.78 is 34.5. The number of nitrogens with one attached hydrogen (secondary N) is 1. The van der Waals surface area contributed by atoms with Crippen molar-refractivity contribution in [2.45, 2.75) is 30.9 Å². The molecule has 0 bridgehead atoms. The van der Waals surface area contributed by atoms with E-state index >= 15 is 0 Å². The molecule has 1 aromatic heterocycles. The van der Waals surface area contributed by atoms with Crippen molar-refractivity contribution in [1.82, 2.24) is 14.2 Å². The summed E-state index contributed by atoms with van der Waals surface area (Å²) in [5, 5.41) is 16.0. The number of para-hydroxylation sites is 1. The number of nitrogens with zero attached hydrogens (tertiary/aromatic N) is 3. The average molecular weight is 669 g/mol. The first kappa shape index (κ1) is 32.6. The highest BCUT2D eigenvalue weighted by molar-refractivity contribution is 7.89. The second kappa shape index (κ2) is 13.7. The van der Waals surface area contributed by atoms with Gasteiger partial charge in [-0.1, -0.05) is 36.7 Å². The lowest BCUT2D eigenvalue weighted by Gasteiger charge is -2.38. The number of aromatic nitrogens is 1. The maximum atomic E-state index is 13.8. The number of likely N-dealkylation sites (N-methyl/N-ethyl adjacent to an activating group) is 1. The van der Waals surface area contributed by atoms with E-state index in [4.69, 9.17) is 16.3 Å². The number of ether oxygens (including phenoxy) is 1. The molecule has 1 aliphatic rings. The predicted molar refractivity (Wildman–Crippen MR) is 174 cm³/mol. The third-order valence-corrected chi connectivity index (χ3v) is 10.6. The number of benzene rings is 3. The highest BCUT2D eigenvalue weighted by Crippen LogP contribution is 2.36. The van der Waals surface area contributed by atoms with Crippen LogP contribution in [0.15, 0.2) is 83.2 Å². The molecule has 45 heavy (non-hydrogen) atoms. The minimum atomic E-state index is -3.91. The monoisotopic (exact) mass is 668 g/mol. The predicted octanol–water partition coefficient (Wildman–Crippen LogP) is 5.26. The summed E-state index contributed by atoms with van der Waals surface area (Å²) in [5.74, 6) is -1.02. The zero-order valence-electron chi connectivity index (χ0n) is 24.9. The summed E-state index contributed by atoms with van der Waals surface area (Å²) >= 11 is 7.46. The Morgan fingerprint density at radius 1 is 1.18 bits per heavy atom. The van der Waals surface area contributed by atoms with Gasteiger partial charge in [-0.05, 0) is 55.5 Å². The summed E-state index contributed by atoms with van der Waals surface area (Å²) in [7, 11) is -2.45. The highest BCUT2D eigenvalue weighted by Gasteiger charge is 2.36. The van der Waals surface area contributed by atoms with Crippen molar-refractivity contribution in [3.8, 4) is 16.3 Å². The van der Waals surface area contributed by atoms with Crippen LogP contribution in [0.2, 0.25) is 5.02 Å². The van der Waals surface area contributed by atoms with Gasteiger partial charge in [0, 0.05) is 47.2 Å². The van der Waals surface area contributed by atoms with Crippen molar-refractivity contribution in [2.75, 3.05) is 32.1 Å². The molecular weight excluding hydrogens is 636 g/mol. The van der Waals surface area contributed by atoms with E-state index < -0.39 is 28.1 Å².